The van der Waals surface area contributed by atoms with Gasteiger partial charge in [-0.2, -0.15) is 0 Å². The van der Waals surface area contributed by atoms with Crippen molar-refractivity contribution < 1.29 is 4.74 Å². The number of fused-ring (bicyclic) bond motifs is 1. The second kappa shape index (κ2) is 7.60. The first-order valence-electron chi connectivity index (χ1n) is 8.77. The molecule has 3 aromatic rings. The van der Waals surface area contributed by atoms with Gasteiger partial charge >= 0.3 is 0 Å². The van der Waals surface area contributed by atoms with Crippen LogP contribution in [0, 0.1) is 0 Å². The highest BCUT2D eigenvalue weighted by molar-refractivity contribution is 7.80. The number of nitrogens with zero attached hydrogens (tertiary/aromatic N) is 2. The van der Waals surface area contributed by atoms with Gasteiger partial charge in [0.25, 0.3) is 0 Å². The van der Waals surface area contributed by atoms with Crippen molar-refractivity contribution in [2.24, 2.45) is 0 Å². The van der Waals surface area contributed by atoms with E-state index in [0.717, 1.165) is 40.8 Å². The molecule has 1 N–H and O–H groups in total. The van der Waals surface area contributed by atoms with Gasteiger partial charge in [-0.05, 0) is 54.9 Å². The molecular weight excluding hydrogens is 362 g/mol. The lowest BCUT2D eigenvalue weighted by atomic mass is 10.2. The van der Waals surface area contributed by atoms with Gasteiger partial charge in [0.05, 0.1) is 23.4 Å². The van der Waals surface area contributed by atoms with Gasteiger partial charge in [-0.15, -0.1) is 11.3 Å². The molecular formula is C20H21N3OS2. The molecule has 2 aromatic carbocycles. The Hall–Kier alpha value is -2.18. The van der Waals surface area contributed by atoms with E-state index in [2.05, 4.69) is 40.5 Å². The molecule has 0 aliphatic carbocycles. The Labute approximate surface area is 162 Å². The van der Waals surface area contributed by atoms with E-state index in [9.17, 15) is 0 Å². The fourth-order valence-corrected chi connectivity index (χ4v) is 4.73. The third-order valence-corrected chi connectivity index (χ3v) is 6.23. The van der Waals surface area contributed by atoms with Crippen molar-refractivity contribution >= 4 is 38.9 Å². The molecule has 0 bridgehead atoms. The summed E-state index contributed by atoms with van der Waals surface area (Å²) < 4.78 is 6.45. The number of methoxy groups -OCH3 is 1. The van der Waals surface area contributed by atoms with E-state index in [1.54, 1.807) is 18.4 Å². The van der Waals surface area contributed by atoms with E-state index in [-0.39, 0.29) is 6.04 Å². The Kier molecular flexibility index (Phi) is 5.04. The summed E-state index contributed by atoms with van der Waals surface area (Å²) in [6.45, 7) is 1.70. The molecule has 26 heavy (non-hydrogen) atoms. The van der Waals surface area contributed by atoms with Gasteiger partial charge < -0.3 is 15.0 Å². The lowest BCUT2D eigenvalue weighted by molar-refractivity contribution is 0.392. The number of rotatable bonds is 4. The highest BCUT2D eigenvalue weighted by Gasteiger charge is 2.30. The van der Waals surface area contributed by atoms with Gasteiger partial charge in [-0.25, -0.2) is 4.98 Å². The minimum Gasteiger partial charge on any atom is -0.497 e. The summed E-state index contributed by atoms with van der Waals surface area (Å²) in [5, 5.41) is 5.38. The van der Waals surface area contributed by atoms with Gasteiger partial charge in [0.1, 0.15) is 10.8 Å². The number of ether oxygens (including phenoxy) is 1. The summed E-state index contributed by atoms with van der Waals surface area (Å²) in [5.74, 6) is 0.867. The largest absolute Gasteiger partial charge is 0.497 e. The van der Waals surface area contributed by atoms with Crippen LogP contribution in [-0.4, -0.2) is 28.7 Å². The van der Waals surface area contributed by atoms with Crippen molar-refractivity contribution in [1.82, 2.24) is 15.2 Å². The molecule has 0 unspecified atom stereocenters. The van der Waals surface area contributed by atoms with Crippen molar-refractivity contribution in [1.29, 1.82) is 0 Å². The lowest BCUT2D eigenvalue weighted by Crippen LogP contribution is -2.38. The molecule has 4 rings (SSSR count). The first kappa shape index (κ1) is 17.2. The Morgan fingerprint density at radius 2 is 2.08 bits per heavy atom. The summed E-state index contributed by atoms with van der Waals surface area (Å²) >= 11 is 7.47. The molecule has 4 nitrogen and oxygen atoms in total. The standard InChI is InChI=1S/C20H21N3OS2/c1-24-15-10-8-14(9-11-15)13-21-20(25)23-12-4-6-17(23)19-22-16-5-2-3-7-18(16)26-19/h2-3,5,7-11,17H,4,6,12-13H2,1H3,(H,21,25)/t17-/m0/s1. The van der Waals surface area contributed by atoms with Crippen LogP contribution >= 0.6 is 23.6 Å². The van der Waals surface area contributed by atoms with Crippen LogP contribution in [0.1, 0.15) is 29.5 Å². The maximum atomic E-state index is 5.69. The van der Waals surface area contributed by atoms with Gasteiger partial charge in [0, 0.05) is 13.1 Å². The Balaban J connectivity index is 1.44. The third-order valence-electron chi connectivity index (χ3n) is 4.71. The van der Waals surface area contributed by atoms with Gasteiger partial charge in [-0.1, -0.05) is 24.3 Å². The number of thiocarbonyl (C=S) groups is 1. The first-order chi connectivity index (χ1) is 12.7. The highest BCUT2D eigenvalue weighted by Crippen LogP contribution is 2.36. The smallest absolute Gasteiger partial charge is 0.169 e. The number of nitrogens with one attached hydrogen (secondary N) is 1. The summed E-state index contributed by atoms with van der Waals surface area (Å²) in [4.78, 5) is 7.13. The van der Waals surface area contributed by atoms with E-state index in [1.165, 1.54) is 10.3 Å². The van der Waals surface area contributed by atoms with Crippen LogP contribution in [0.3, 0.4) is 0 Å². The monoisotopic (exact) mass is 383 g/mol. The second-order valence-corrected chi connectivity index (χ2v) is 7.83. The maximum absolute atomic E-state index is 5.69. The van der Waals surface area contributed by atoms with Crippen LogP contribution in [0.2, 0.25) is 0 Å². The number of thiazole rings is 1. The van der Waals surface area contributed by atoms with Gasteiger partial charge in [0.2, 0.25) is 0 Å². The number of hydrogen-bond donors (Lipinski definition) is 1. The van der Waals surface area contributed by atoms with Crippen LogP contribution in [0.5, 0.6) is 5.75 Å². The van der Waals surface area contributed by atoms with E-state index in [1.807, 2.05) is 18.2 Å². The molecule has 0 saturated carbocycles. The molecule has 1 fully saturated rings. The molecule has 1 aliphatic rings. The van der Waals surface area contributed by atoms with E-state index >= 15 is 0 Å². The molecule has 0 spiro atoms. The van der Waals surface area contributed by atoms with Crippen molar-refractivity contribution in [3.63, 3.8) is 0 Å². The SMILES string of the molecule is COc1ccc(CNC(=S)N2CCC[C@H]2c2nc3ccccc3s2)cc1. The van der Waals surface area contributed by atoms with E-state index < -0.39 is 0 Å². The third kappa shape index (κ3) is 3.52. The summed E-state index contributed by atoms with van der Waals surface area (Å²) in [6.07, 6.45) is 2.25. The molecule has 6 heteroatoms. The van der Waals surface area contributed by atoms with Gasteiger partial charge in [0.15, 0.2) is 5.11 Å². The zero-order valence-electron chi connectivity index (χ0n) is 14.6. The van der Waals surface area contributed by atoms with Crippen LogP contribution in [0.15, 0.2) is 48.5 Å². The van der Waals surface area contributed by atoms with Crippen molar-refractivity contribution in [3.05, 3.63) is 59.1 Å². The lowest BCUT2D eigenvalue weighted by Gasteiger charge is -2.26. The molecule has 134 valence electrons. The predicted molar refractivity (Wildman–Crippen MR) is 111 cm³/mol. The Bertz CT molecular complexity index is 874. The predicted octanol–water partition coefficient (Wildman–Crippen LogP) is 4.52. The quantitative estimate of drug-likeness (QED) is 0.671. The number of likely N-dealkylation sites (tertiary alicyclic amines) is 1. The Morgan fingerprint density at radius 3 is 2.85 bits per heavy atom. The number of hydrogen-bond acceptors (Lipinski definition) is 4. The molecule has 0 amide bonds. The normalized spacial score (nSPS) is 16.8. The molecule has 0 radical (unpaired) electrons. The molecule has 1 atom stereocenters. The van der Waals surface area contributed by atoms with Crippen LogP contribution < -0.4 is 10.1 Å². The van der Waals surface area contributed by atoms with Crippen LogP contribution in [0.4, 0.5) is 0 Å². The van der Waals surface area contributed by atoms with E-state index in [4.69, 9.17) is 21.9 Å². The zero-order valence-corrected chi connectivity index (χ0v) is 16.3. The number of benzene rings is 2. The fourth-order valence-electron chi connectivity index (χ4n) is 3.32. The Morgan fingerprint density at radius 1 is 1.27 bits per heavy atom. The van der Waals surface area contributed by atoms with Crippen molar-refractivity contribution in [2.45, 2.75) is 25.4 Å². The van der Waals surface area contributed by atoms with Crippen molar-refractivity contribution in [3.8, 4) is 5.75 Å². The number of para-hydroxylation sites is 1. The van der Waals surface area contributed by atoms with Crippen LogP contribution in [-0.2, 0) is 6.54 Å². The van der Waals surface area contributed by atoms with Crippen LogP contribution in [0.25, 0.3) is 10.2 Å². The summed E-state index contributed by atoms with van der Waals surface area (Å²) in [7, 11) is 1.68. The maximum Gasteiger partial charge on any atom is 0.169 e. The highest BCUT2D eigenvalue weighted by atomic mass is 32.1. The molecule has 2 heterocycles. The topological polar surface area (TPSA) is 37.4 Å². The summed E-state index contributed by atoms with van der Waals surface area (Å²) in [6, 6.07) is 16.7. The molecule has 1 saturated heterocycles. The minimum absolute atomic E-state index is 0.281. The van der Waals surface area contributed by atoms with Crippen molar-refractivity contribution in [2.75, 3.05) is 13.7 Å². The average Bonchev–Trinajstić information content (AvgIpc) is 3.32. The average molecular weight is 384 g/mol. The zero-order chi connectivity index (χ0) is 17.9. The molecule has 1 aromatic heterocycles. The number of aromatic nitrogens is 1. The fraction of sp³-hybridized carbons (Fsp3) is 0.300. The minimum atomic E-state index is 0.281. The van der Waals surface area contributed by atoms with Gasteiger partial charge in [-0.3, -0.25) is 0 Å². The second-order valence-electron chi connectivity index (χ2n) is 6.38. The summed E-state index contributed by atoms with van der Waals surface area (Å²) in [5.41, 5.74) is 2.26. The first-order valence-corrected chi connectivity index (χ1v) is 10.00. The van der Waals surface area contributed by atoms with E-state index in [0.29, 0.717) is 6.54 Å². The molecule has 1 aliphatic heterocycles.